The molecule has 2 heterocycles. The largest absolute Gasteiger partial charge is 0.370 e. The molecule has 0 radical (unpaired) electrons. The Bertz CT molecular complexity index is 1070. The smallest absolute Gasteiger partial charge is 0.220 e. The van der Waals surface area contributed by atoms with Crippen LogP contribution in [0.1, 0.15) is 40.6 Å². The van der Waals surface area contributed by atoms with Crippen LogP contribution in [0.15, 0.2) is 52.0 Å². The lowest BCUT2D eigenvalue weighted by Gasteiger charge is -2.12. The number of primary amides is 1. The van der Waals surface area contributed by atoms with Gasteiger partial charge in [0.25, 0.3) is 0 Å². The molecule has 0 unspecified atom stereocenters. The summed E-state index contributed by atoms with van der Waals surface area (Å²) in [4.78, 5) is 16.6. The zero-order chi connectivity index (χ0) is 19.1. The number of carbonyl (C=O) groups excluding carboxylic acids is 1. The Morgan fingerprint density at radius 1 is 1.15 bits per heavy atom. The summed E-state index contributed by atoms with van der Waals surface area (Å²) < 4.78 is 5.59. The second-order valence-corrected chi connectivity index (χ2v) is 7.16. The number of aromatic nitrogens is 1. The number of rotatable bonds is 3. The number of halogens is 1. The van der Waals surface area contributed by atoms with Crippen LogP contribution in [0.3, 0.4) is 0 Å². The zero-order valence-electron chi connectivity index (χ0n) is 15.0. The predicted molar refractivity (Wildman–Crippen MR) is 105 cm³/mol. The maximum Gasteiger partial charge on any atom is 0.220 e. The van der Waals surface area contributed by atoms with Gasteiger partial charge in [-0.05, 0) is 31.5 Å². The molecule has 0 spiro atoms. The van der Waals surface area contributed by atoms with Crippen LogP contribution in [0.4, 0.5) is 0 Å². The Kier molecular flexibility index (Phi) is 4.32. The molecule has 1 aliphatic heterocycles. The number of carbonyl (C=O) groups is 1. The lowest BCUT2D eigenvalue weighted by molar-refractivity contribution is -0.118. The van der Waals surface area contributed by atoms with Gasteiger partial charge in [-0.15, -0.1) is 0 Å². The number of aliphatic imine (C=N–C) groups is 1. The third kappa shape index (κ3) is 3.15. The van der Waals surface area contributed by atoms with Crippen molar-refractivity contribution in [1.82, 2.24) is 5.16 Å². The molecule has 6 heteroatoms. The Balaban J connectivity index is 2.02. The fourth-order valence-corrected chi connectivity index (χ4v) is 3.59. The highest BCUT2D eigenvalue weighted by molar-refractivity contribution is 6.30. The van der Waals surface area contributed by atoms with E-state index < -0.39 is 11.9 Å². The van der Waals surface area contributed by atoms with E-state index in [0.29, 0.717) is 10.8 Å². The van der Waals surface area contributed by atoms with Crippen LogP contribution in [0.25, 0.3) is 11.1 Å². The van der Waals surface area contributed by atoms with E-state index in [2.05, 4.69) is 11.2 Å². The number of hydrogen-bond donors (Lipinski definition) is 1. The van der Waals surface area contributed by atoms with Gasteiger partial charge in [0, 0.05) is 16.1 Å². The topological polar surface area (TPSA) is 81.5 Å². The summed E-state index contributed by atoms with van der Waals surface area (Å²) in [5.41, 5.74) is 11.9. The number of hydrogen-bond acceptors (Lipinski definition) is 4. The second-order valence-electron chi connectivity index (χ2n) is 6.73. The van der Waals surface area contributed by atoms with E-state index in [1.165, 1.54) is 0 Å². The standard InChI is InChI=1S/C21H18ClN3O2/c1-11-3-8-15-16(9-11)19-12(2)25-27-21(19)17(10-18(23)26)24-20(15)13-4-6-14(22)7-5-13/h3-9,17H,10H2,1-2H3,(H2,23,26)/t17-/m1/s1. The molecule has 0 aliphatic carbocycles. The summed E-state index contributed by atoms with van der Waals surface area (Å²) in [6, 6.07) is 13.1. The molecule has 1 amide bonds. The molecule has 1 aromatic heterocycles. The Morgan fingerprint density at radius 3 is 2.59 bits per heavy atom. The highest BCUT2D eigenvalue weighted by Gasteiger charge is 2.31. The van der Waals surface area contributed by atoms with E-state index in [4.69, 9.17) is 26.9 Å². The summed E-state index contributed by atoms with van der Waals surface area (Å²) in [7, 11) is 0. The average Bonchev–Trinajstić information content (AvgIpc) is 2.95. The Labute approximate surface area is 161 Å². The molecule has 5 nitrogen and oxygen atoms in total. The van der Waals surface area contributed by atoms with E-state index in [0.717, 1.165) is 39.2 Å². The molecule has 27 heavy (non-hydrogen) atoms. The van der Waals surface area contributed by atoms with Crippen molar-refractivity contribution in [1.29, 1.82) is 0 Å². The van der Waals surface area contributed by atoms with Gasteiger partial charge in [-0.25, -0.2) is 0 Å². The maximum absolute atomic E-state index is 11.7. The molecule has 2 aromatic carbocycles. The monoisotopic (exact) mass is 379 g/mol. The van der Waals surface area contributed by atoms with E-state index in [1.807, 2.05) is 50.2 Å². The number of aryl methyl sites for hydroxylation is 2. The molecule has 3 aromatic rings. The SMILES string of the molecule is Cc1ccc2c(c1)-c1c(C)noc1[C@@H](CC(N)=O)N=C2c1ccc(Cl)cc1. The quantitative estimate of drug-likeness (QED) is 0.733. The minimum atomic E-state index is -0.530. The van der Waals surface area contributed by atoms with E-state index >= 15 is 0 Å². The first-order valence-corrected chi connectivity index (χ1v) is 9.01. The van der Waals surface area contributed by atoms with E-state index in [9.17, 15) is 4.79 Å². The molecule has 4 rings (SSSR count). The minimum absolute atomic E-state index is 0.0473. The molecule has 1 aliphatic rings. The summed E-state index contributed by atoms with van der Waals surface area (Å²) >= 11 is 6.05. The van der Waals surface area contributed by atoms with Gasteiger partial charge in [-0.1, -0.05) is 52.7 Å². The van der Waals surface area contributed by atoms with E-state index in [1.54, 1.807) is 0 Å². The van der Waals surface area contributed by atoms with Crippen molar-refractivity contribution >= 4 is 23.2 Å². The van der Waals surface area contributed by atoms with Crippen LogP contribution in [0, 0.1) is 13.8 Å². The summed E-state index contributed by atoms with van der Waals surface area (Å²) in [6.07, 6.45) is 0.0473. The van der Waals surface area contributed by atoms with Crippen molar-refractivity contribution in [3.63, 3.8) is 0 Å². The molecule has 0 fully saturated rings. The molecule has 2 N–H and O–H groups in total. The number of benzene rings is 2. The minimum Gasteiger partial charge on any atom is -0.370 e. The van der Waals surface area contributed by atoms with E-state index in [-0.39, 0.29) is 6.42 Å². The van der Waals surface area contributed by atoms with Crippen LogP contribution >= 0.6 is 11.6 Å². The fraction of sp³-hybridized carbons (Fsp3) is 0.190. The Morgan fingerprint density at radius 2 is 1.89 bits per heavy atom. The van der Waals surface area contributed by atoms with Gasteiger partial charge in [0.05, 0.1) is 23.4 Å². The molecule has 0 saturated carbocycles. The van der Waals surface area contributed by atoms with Crippen molar-refractivity contribution in [3.05, 3.63) is 75.6 Å². The molecular formula is C21H18ClN3O2. The second kappa shape index (κ2) is 6.67. The van der Waals surface area contributed by atoms with Gasteiger partial charge in [0.2, 0.25) is 5.91 Å². The first kappa shape index (κ1) is 17.5. The predicted octanol–water partition coefficient (Wildman–Crippen LogP) is 4.38. The molecular weight excluding hydrogens is 362 g/mol. The van der Waals surface area contributed by atoms with Gasteiger partial charge in [-0.2, -0.15) is 0 Å². The zero-order valence-corrected chi connectivity index (χ0v) is 15.7. The van der Waals surface area contributed by atoms with Crippen LogP contribution in [0.2, 0.25) is 5.02 Å². The fourth-order valence-electron chi connectivity index (χ4n) is 3.46. The van der Waals surface area contributed by atoms with Crippen molar-refractivity contribution in [2.45, 2.75) is 26.3 Å². The Hall–Kier alpha value is -2.92. The average molecular weight is 380 g/mol. The molecule has 0 bridgehead atoms. The lowest BCUT2D eigenvalue weighted by Crippen LogP contribution is -2.15. The third-order valence-electron chi connectivity index (χ3n) is 4.69. The van der Waals surface area contributed by atoms with Crippen molar-refractivity contribution in [2.75, 3.05) is 0 Å². The van der Waals surface area contributed by atoms with Crippen molar-refractivity contribution in [3.8, 4) is 11.1 Å². The van der Waals surface area contributed by atoms with Gasteiger partial charge < -0.3 is 10.3 Å². The molecule has 136 valence electrons. The summed E-state index contributed by atoms with van der Waals surface area (Å²) in [6.45, 7) is 3.93. The molecule has 0 saturated heterocycles. The van der Waals surface area contributed by atoms with Crippen LogP contribution < -0.4 is 5.73 Å². The number of nitrogens with two attached hydrogens (primary N) is 1. The normalized spacial score (nSPS) is 15.5. The highest BCUT2D eigenvalue weighted by Crippen LogP contribution is 2.41. The van der Waals surface area contributed by atoms with Crippen LogP contribution in [0.5, 0.6) is 0 Å². The first-order valence-electron chi connectivity index (χ1n) is 8.63. The van der Waals surface area contributed by atoms with Gasteiger partial charge in [-0.3, -0.25) is 9.79 Å². The van der Waals surface area contributed by atoms with Gasteiger partial charge in [0.1, 0.15) is 6.04 Å². The third-order valence-corrected chi connectivity index (χ3v) is 4.94. The number of amides is 1. The van der Waals surface area contributed by atoms with Crippen LogP contribution in [-0.2, 0) is 4.79 Å². The summed E-state index contributed by atoms with van der Waals surface area (Å²) in [5, 5.41) is 4.77. The van der Waals surface area contributed by atoms with Crippen molar-refractivity contribution in [2.24, 2.45) is 10.7 Å². The first-order chi connectivity index (χ1) is 12.9. The van der Waals surface area contributed by atoms with Gasteiger partial charge >= 0.3 is 0 Å². The van der Waals surface area contributed by atoms with Crippen LogP contribution in [-0.4, -0.2) is 16.8 Å². The highest BCUT2D eigenvalue weighted by atomic mass is 35.5. The maximum atomic E-state index is 11.7. The lowest BCUT2D eigenvalue weighted by atomic mass is 9.91. The van der Waals surface area contributed by atoms with Crippen molar-refractivity contribution < 1.29 is 9.32 Å². The summed E-state index contributed by atoms with van der Waals surface area (Å²) in [5.74, 6) is 0.128. The van der Waals surface area contributed by atoms with Gasteiger partial charge in [0.15, 0.2) is 5.76 Å². The molecule has 1 atom stereocenters. The number of fused-ring (bicyclic) bond motifs is 3. The number of nitrogens with zero attached hydrogens (tertiary/aromatic N) is 2.